The quantitative estimate of drug-likeness (QED) is 0.648. The number of carbonyl (C=O) groups is 2. The van der Waals surface area contributed by atoms with E-state index in [1.165, 1.54) is 0 Å². The molecule has 1 fully saturated rings. The fourth-order valence-electron chi connectivity index (χ4n) is 1.57. The highest BCUT2D eigenvalue weighted by molar-refractivity contribution is 5.91. The highest BCUT2D eigenvalue weighted by atomic mass is 16.2. The van der Waals surface area contributed by atoms with Crippen molar-refractivity contribution in [3.05, 3.63) is 0 Å². The summed E-state index contributed by atoms with van der Waals surface area (Å²) in [6.07, 6.45) is 7.96. The van der Waals surface area contributed by atoms with Crippen molar-refractivity contribution in [2.24, 2.45) is 0 Å². The Bertz CT molecular complexity index is 293. The lowest BCUT2D eigenvalue weighted by Crippen LogP contribution is -2.45. The molecule has 0 bridgehead atoms. The van der Waals surface area contributed by atoms with Crippen molar-refractivity contribution >= 4 is 11.8 Å². The van der Waals surface area contributed by atoms with E-state index >= 15 is 0 Å². The molecule has 1 unspecified atom stereocenters. The van der Waals surface area contributed by atoms with Gasteiger partial charge in [-0.3, -0.25) is 9.59 Å². The summed E-state index contributed by atoms with van der Waals surface area (Å²) in [7, 11) is 0. The van der Waals surface area contributed by atoms with Crippen LogP contribution in [0.2, 0.25) is 0 Å². The maximum atomic E-state index is 11.6. The molecule has 1 heterocycles. The Kier molecular flexibility index (Phi) is 4.17. The van der Waals surface area contributed by atoms with Crippen LogP contribution in [0.1, 0.15) is 32.6 Å². The first kappa shape index (κ1) is 11.6. The molecule has 1 aliphatic rings. The third-order valence-electron chi connectivity index (χ3n) is 2.41. The molecule has 82 valence electrons. The zero-order chi connectivity index (χ0) is 11.3. The van der Waals surface area contributed by atoms with E-state index in [0.717, 1.165) is 12.8 Å². The fourth-order valence-corrected chi connectivity index (χ4v) is 1.57. The molecular formula is C11H16N2O2. The van der Waals surface area contributed by atoms with E-state index in [1.54, 1.807) is 0 Å². The summed E-state index contributed by atoms with van der Waals surface area (Å²) in [5, 5.41) is 5.35. The molecular weight excluding hydrogens is 192 g/mol. The zero-order valence-electron chi connectivity index (χ0n) is 8.88. The Hall–Kier alpha value is -1.50. The molecule has 2 atom stereocenters. The fraction of sp³-hybridized carbons (Fsp3) is 0.636. The molecule has 4 heteroatoms. The van der Waals surface area contributed by atoms with Crippen molar-refractivity contribution in [2.75, 3.05) is 0 Å². The Morgan fingerprint density at radius 3 is 3.00 bits per heavy atom. The molecule has 1 aliphatic heterocycles. The van der Waals surface area contributed by atoms with Gasteiger partial charge in [0.1, 0.15) is 6.04 Å². The second kappa shape index (κ2) is 5.40. The molecule has 15 heavy (non-hydrogen) atoms. The number of rotatable bonds is 4. The van der Waals surface area contributed by atoms with Crippen LogP contribution in [0.4, 0.5) is 0 Å². The zero-order valence-corrected chi connectivity index (χ0v) is 8.88. The van der Waals surface area contributed by atoms with Gasteiger partial charge in [0.05, 0.1) is 6.04 Å². The van der Waals surface area contributed by atoms with E-state index in [2.05, 4.69) is 16.6 Å². The molecule has 4 nitrogen and oxygen atoms in total. The Balaban J connectivity index is 2.41. The van der Waals surface area contributed by atoms with E-state index < -0.39 is 6.04 Å². The highest BCUT2D eigenvalue weighted by Crippen LogP contribution is 2.07. The molecule has 0 saturated carbocycles. The summed E-state index contributed by atoms with van der Waals surface area (Å²) in [4.78, 5) is 22.5. The molecule has 0 aromatic carbocycles. The van der Waals surface area contributed by atoms with Crippen LogP contribution in [-0.2, 0) is 9.59 Å². The minimum atomic E-state index is -0.398. The Morgan fingerprint density at radius 2 is 2.53 bits per heavy atom. The summed E-state index contributed by atoms with van der Waals surface area (Å²) in [5.41, 5.74) is 0. The normalized spacial score (nSPS) is 21.6. The van der Waals surface area contributed by atoms with Crippen molar-refractivity contribution < 1.29 is 9.59 Å². The summed E-state index contributed by atoms with van der Waals surface area (Å²) in [5.74, 6) is 2.29. The maximum Gasteiger partial charge on any atom is 0.243 e. The van der Waals surface area contributed by atoms with Gasteiger partial charge in [0.15, 0.2) is 0 Å². The molecule has 0 radical (unpaired) electrons. The molecule has 1 rings (SSSR count). The Morgan fingerprint density at radius 1 is 1.80 bits per heavy atom. The summed E-state index contributed by atoms with van der Waals surface area (Å²) >= 11 is 0. The smallest absolute Gasteiger partial charge is 0.243 e. The third-order valence-corrected chi connectivity index (χ3v) is 2.41. The van der Waals surface area contributed by atoms with Crippen LogP contribution in [0, 0.1) is 12.3 Å². The van der Waals surface area contributed by atoms with Crippen LogP contribution < -0.4 is 10.6 Å². The van der Waals surface area contributed by atoms with Gasteiger partial charge in [0, 0.05) is 6.42 Å². The molecule has 0 spiro atoms. The van der Waals surface area contributed by atoms with E-state index in [9.17, 15) is 9.59 Å². The van der Waals surface area contributed by atoms with Crippen LogP contribution in [-0.4, -0.2) is 23.9 Å². The van der Waals surface area contributed by atoms with Gasteiger partial charge in [-0.1, -0.05) is 19.3 Å². The van der Waals surface area contributed by atoms with Crippen LogP contribution in [0.15, 0.2) is 0 Å². The van der Waals surface area contributed by atoms with Crippen LogP contribution in [0.5, 0.6) is 0 Å². The van der Waals surface area contributed by atoms with Crippen LogP contribution >= 0.6 is 0 Å². The minimum absolute atomic E-state index is 0.0668. The number of hydrogen-bond acceptors (Lipinski definition) is 2. The van der Waals surface area contributed by atoms with Crippen molar-refractivity contribution in [3.8, 4) is 12.3 Å². The van der Waals surface area contributed by atoms with E-state index in [1.807, 2.05) is 6.92 Å². The predicted molar refractivity (Wildman–Crippen MR) is 56.8 cm³/mol. The number of amides is 2. The summed E-state index contributed by atoms with van der Waals surface area (Å²) < 4.78 is 0. The van der Waals surface area contributed by atoms with Gasteiger partial charge in [-0.15, -0.1) is 6.42 Å². The van der Waals surface area contributed by atoms with Gasteiger partial charge in [0.2, 0.25) is 11.8 Å². The number of terminal acetylenes is 1. The number of carbonyl (C=O) groups excluding carboxylic acids is 2. The standard InChI is InChI=1S/C11H16N2O2/c1-3-5-8(4-2)12-11(15)9-6-7-10(14)13-9/h2,8-9H,3,5-7H2,1H3,(H,12,15)(H,13,14)/t8?,9-/m0/s1. The molecule has 0 aromatic rings. The largest absolute Gasteiger partial charge is 0.344 e. The predicted octanol–water partition coefficient (Wildman–Crippen LogP) is 0.183. The highest BCUT2D eigenvalue weighted by Gasteiger charge is 2.27. The number of hydrogen-bond donors (Lipinski definition) is 2. The number of nitrogens with one attached hydrogen (secondary N) is 2. The lowest BCUT2D eigenvalue weighted by atomic mass is 10.1. The van der Waals surface area contributed by atoms with Crippen molar-refractivity contribution in [3.63, 3.8) is 0 Å². The first-order chi connectivity index (χ1) is 7.17. The van der Waals surface area contributed by atoms with Gasteiger partial charge in [-0.05, 0) is 12.8 Å². The average molecular weight is 208 g/mol. The molecule has 0 aliphatic carbocycles. The molecule has 0 aromatic heterocycles. The lowest BCUT2D eigenvalue weighted by molar-refractivity contribution is -0.126. The maximum absolute atomic E-state index is 11.6. The molecule has 2 amide bonds. The summed E-state index contributed by atoms with van der Waals surface area (Å²) in [6.45, 7) is 2.01. The van der Waals surface area contributed by atoms with Gasteiger partial charge in [-0.2, -0.15) is 0 Å². The second-order valence-electron chi connectivity index (χ2n) is 3.68. The van der Waals surface area contributed by atoms with Crippen molar-refractivity contribution in [1.29, 1.82) is 0 Å². The van der Waals surface area contributed by atoms with Gasteiger partial charge < -0.3 is 10.6 Å². The average Bonchev–Trinajstić information content (AvgIpc) is 2.64. The van der Waals surface area contributed by atoms with Crippen molar-refractivity contribution in [2.45, 2.75) is 44.7 Å². The third kappa shape index (κ3) is 3.28. The van der Waals surface area contributed by atoms with E-state index in [0.29, 0.717) is 12.8 Å². The topological polar surface area (TPSA) is 58.2 Å². The minimum Gasteiger partial charge on any atom is -0.344 e. The first-order valence-electron chi connectivity index (χ1n) is 5.23. The van der Waals surface area contributed by atoms with Gasteiger partial charge in [0.25, 0.3) is 0 Å². The molecule has 1 saturated heterocycles. The van der Waals surface area contributed by atoms with Crippen LogP contribution in [0.25, 0.3) is 0 Å². The van der Waals surface area contributed by atoms with Gasteiger partial charge in [-0.25, -0.2) is 0 Å². The Labute approximate surface area is 89.8 Å². The molecule has 2 N–H and O–H groups in total. The van der Waals surface area contributed by atoms with Crippen LogP contribution in [0.3, 0.4) is 0 Å². The first-order valence-corrected chi connectivity index (χ1v) is 5.23. The SMILES string of the molecule is C#CC(CCC)NC(=O)[C@@H]1CCC(=O)N1. The van der Waals surface area contributed by atoms with Gasteiger partial charge >= 0.3 is 0 Å². The lowest BCUT2D eigenvalue weighted by Gasteiger charge is -2.15. The van der Waals surface area contributed by atoms with Crippen molar-refractivity contribution in [1.82, 2.24) is 10.6 Å². The second-order valence-corrected chi connectivity index (χ2v) is 3.68. The van der Waals surface area contributed by atoms with E-state index in [-0.39, 0.29) is 17.9 Å². The monoisotopic (exact) mass is 208 g/mol. The summed E-state index contributed by atoms with van der Waals surface area (Å²) in [6, 6.07) is -0.620. The van der Waals surface area contributed by atoms with E-state index in [4.69, 9.17) is 6.42 Å².